The predicted molar refractivity (Wildman–Crippen MR) is 54.6 cm³/mol. The van der Waals surface area contributed by atoms with Crippen LogP contribution in [0.15, 0.2) is 48.5 Å². The molecule has 0 unspecified atom stereocenters. The first-order chi connectivity index (χ1) is 7.27. The molecule has 0 amide bonds. The van der Waals surface area contributed by atoms with Crippen LogP contribution in [0.1, 0.15) is 11.1 Å². The number of para-hydroxylation sites is 2. The Kier molecular flexibility index (Phi) is 7.20. The summed E-state index contributed by atoms with van der Waals surface area (Å²) in [6.07, 6.45) is 0.416. The maximum Gasteiger partial charge on any atom is 1.00 e. The van der Waals surface area contributed by atoms with Crippen molar-refractivity contribution in [2.45, 2.75) is 6.42 Å². The molecule has 2 aromatic carbocycles. The summed E-state index contributed by atoms with van der Waals surface area (Å²) in [6, 6.07) is 13.6. The maximum absolute atomic E-state index is 11.4. The second kappa shape index (κ2) is 7.54. The normalized spacial score (nSPS) is 8.94. The fraction of sp³-hybridized carbons (Fsp3) is 0.0769. The summed E-state index contributed by atoms with van der Waals surface area (Å²) >= 11 is 0. The summed E-state index contributed by atoms with van der Waals surface area (Å²) in [4.78, 5) is 0. The Morgan fingerprint density at radius 2 is 1.00 bits per heavy atom. The number of benzene rings is 2. The molecule has 76 valence electrons. The van der Waals surface area contributed by atoms with Crippen molar-refractivity contribution < 1.29 is 47.9 Å². The van der Waals surface area contributed by atoms with Crippen molar-refractivity contribution in [2.75, 3.05) is 0 Å². The van der Waals surface area contributed by atoms with Crippen LogP contribution in [0.2, 0.25) is 0 Å². The van der Waals surface area contributed by atoms with E-state index >= 15 is 0 Å². The Morgan fingerprint density at radius 1 is 0.647 bits per heavy atom. The number of hydrogen-bond donors (Lipinski definition) is 0. The standard InChI is InChI=1S/C13H12O2.2Li/c14-12-7-3-1-5-10(12)9-11-6-2-4-8-13(11)15;;/h1-8,14-15H,9H2;;/q;2*+1/p-2. The van der Waals surface area contributed by atoms with Crippen molar-refractivity contribution in [3.05, 3.63) is 59.7 Å². The van der Waals surface area contributed by atoms with Gasteiger partial charge in [-0.05, 0) is 6.42 Å². The zero-order valence-corrected chi connectivity index (χ0v) is 10.1. The van der Waals surface area contributed by atoms with Gasteiger partial charge < -0.3 is 10.2 Å². The molecule has 0 atom stereocenters. The molecule has 0 aliphatic rings. The van der Waals surface area contributed by atoms with Crippen LogP contribution < -0.4 is 47.9 Å². The quantitative estimate of drug-likeness (QED) is 0.470. The van der Waals surface area contributed by atoms with Gasteiger partial charge in [-0.15, -0.1) is 11.5 Å². The molecule has 2 aromatic rings. The van der Waals surface area contributed by atoms with Crippen molar-refractivity contribution in [3.8, 4) is 11.5 Å². The van der Waals surface area contributed by atoms with Crippen LogP contribution in [0, 0.1) is 0 Å². The van der Waals surface area contributed by atoms with Gasteiger partial charge in [-0.25, -0.2) is 0 Å². The minimum Gasteiger partial charge on any atom is -0.872 e. The van der Waals surface area contributed by atoms with Gasteiger partial charge >= 0.3 is 37.7 Å². The van der Waals surface area contributed by atoms with Crippen molar-refractivity contribution in [3.63, 3.8) is 0 Å². The van der Waals surface area contributed by atoms with Gasteiger partial charge in [0.15, 0.2) is 0 Å². The molecule has 0 bridgehead atoms. The molecular weight excluding hydrogens is 202 g/mol. The molecule has 0 saturated heterocycles. The van der Waals surface area contributed by atoms with E-state index in [4.69, 9.17) is 0 Å². The Morgan fingerprint density at radius 3 is 1.35 bits per heavy atom. The smallest absolute Gasteiger partial charge is 0.872 e. The molecule has 0 heterocycles. The second-order valence-corrected chi connectivity index (χ2v) is 3.39. The summed E-state index contributed by atoms with van der Waals surface area (Å²) in [5.74, 6) is -0.0264. The molecule has 0 aromatic heterocycles. The van der Waals surface area contributed by atoms with E-state index in [0.29, 0.717) is 17.5 Å². The topological polar surface area (TPSA) is 46.1 Å². The van der Waals surface area contributed by atoms with E-state index in [-0.39, 0.29) is 49.2 Å². The maximum atomic E-state index is 11.4. The van der Waals surface area contributed by atoms with E-state index in [1.165, 1.54) is 12.1 Å². The van der Waals surface area contributed by atoms with E-state index in [9.17, 15) is 10.2 Å². The van der Waals surface area contributed by atoms with Gasteiger partial charge in [0.25, 0.3) is 0 Å². The number of hydrogen-bond acceptors (Lipinski definition) is 2. The van der Waals surface area contributed by atoms with Gasteiger partial charge in [0, 0.05) is 0 Å². The zero-order chi connectivity index (χ0) is 10.7. The van der Waals surface area contributed by atoms with Crippen LogP contribution >= 0.6 is 0 Å². The van der Waals surface area contributed by atoms with Crippen molar-refractivity contribution in [1.82, 2.24) is 0 Å². The van der Waals surface area contributed by atoms with Gasteiger partial charge in [0.2, 0.25) is 0 Å². The molecule has 2 nitrogen and oxygen atoms in total. The molecule has 0 aliphatic heterocycles. The molecule has 0 spiro atoms. The SMILES string of the molecule is [Li+].[Li+].[O-]c1ccccc1Cc1ccccc1[O-]. The molecule has 4 heteroatoms. The Hall–Kier alpha value is -0.765. The first-order valence-electron chi connectivity index (χ1n) is 4.77. The largest absolute Gasteiger partial charge is 1.00 e. The Labute approximate surface area is 125 Å². The van der Waals surface area contributed by atoms with Crippen LogP contribution in [-0.2, 0) is 6.42 Å². The summed E-state index contributed by atoms with van der Waals surface area (Å²) in [7, 11) is 0. The van der Waals surface area contributed by atoms with E-state index in [1.54, 1.807) is 24.3 Å². The molecule has 0 N–H and O–H groups in total. The van der Waals surface area contributed by atoms with Gasteiger partial charge in [-0.1, -0.05) is 59.7 Å². The summed E-state index contributed by atoms with van der Waals surface area (Å²) in [5, 5.41) is 22.9. The minimum absolute atomic E-state index is 0. The van der Waals surface area contributed by atoms with Crippen molar-refractivity contribution in [1.29, 1.82) is 0 Å². The third kappa shape index (κ3) is 4.19. The third-order valence-corrected chi connectivity index (χ3v) is 2.33. The van der Waals surface area contributed by atoms with Crippen LogP contribution in [0.4, 0.5) is 0 Å². The molecule has 0 fully saturated rings. The zero-order valence-electron chi connectivity index (χ0n) is 10.1. The fourth-order valence-electron chi connectivity index (χ4n) is 1.50. The van der Waals surface area contributed by atoms with Gasteiger partial charge in [0.05, 0.1) is 0 Å². The van der Waals surface area contributed by atoms with E-state index in [0.717, 1.165) is 0 Å². The van der Waals surface area contributed by atoms with Crippen LogP contribution in [0.3, 0.4) is 0 Å². The second-order valence-electron chi connectivity index (χ2n) is 3.39. The van der Waals surface area contributed by atoms with Crippen molar-refractivity contribution >= 4 is 0 Å². The van der Waals surface area contributed by atoms with Crippen LogP contribution in [0.25, 0.3) is 0 Å². The summed E-state index contributed by atoms with van der Waals surface area (Å²) in [5.41, 5.74) is 1.33. The summed E-state index contributed by atoms with van der Waals surface area (Å²) < 4.78 is 0. The number of rotatable bonds is 2. The first-order valence-corrected chi connectivity index (χ1v) is 4.77. The molecular formula is C13H10Li2O2. The average Bonchev–Trinajstić information content (AvgIpc) is 2.24. The third-order valence-electron chi connectivity index (χ3n) is 2.33. The van der Waals surface area contributed by atoms with Gasteiger partial charge in [-0.2, -0.15) is 0 Å². The van der Waals surface area contributed by atoms with Crippen LogP contribution in [0.5, 0.6) is 11.5 Å². The van der Waals surface area contributed by atoms with Gasteiger partial charge in [-0.3, -0.25) is 0 Å². The predicted octanol–water partition coefficient (Wildman–Crippen LogP) is -4.57. The van der Waals surface area contributed by atoms with E-state index in [1.807, 2.05) is 12.1 Å². The average molecular weight is 212 g/mol. The van der Waals surface area contributed by atoms with Gasteiger partial charge in [0.1, 0.15) is 0 Å². The van der Waals surface area contributed by atoms with E-state index in [2.05, 4.69) is 0 Å². The fourth-order valence-corrected chi connectivity index (χ4v) is 1.50. The molecule has 0 aliphatic carbocycles. The Balaban J connectivity index is 0.00000128. The van der Waals surface area contributed by atoms with E-state index < -0.39 is 0 Å². The molecule has 0 radical (unpaired) electrons. The van der Waals surface area contributed by atoms with Crippen molar-refractivity contribution in [2.24, 2.45) is 0 Å². The Bertz CT molecular complexity index is 429. The molecule has 2 rings (SSSR count). The first kappa shape index (κ1) is 16.2. The molecule has 0 saturated carbocycles. The minimum atomic E-state index is -0.0132. The summed E-state index contributed by atoms with van der Waals surface area (Å²) in [6.45, 7) is 0. The monoisotopic (exact) mass is 212 g/mol. The molecule has 17 heavy (non-hydrogen) atoms. The van der Waals surface area contributed by atoms with Crippen LogP contribution in [-0.4, -0.2) is 0 Å².